The monoisotopic (exact) mass is 249 g/mol. The minimum absolute atomic E-state index is 0.266. The van der Waals surface area contributed by atoms with E-state index in [4.69, 9.17) is 0 Å². The van der Waals surface area contributed by atoms with Gasteiger partial charge in [-0.25, -0.2) is 4.98 Å². The van der Waals surface area contributed by atoms with E-state index in [-0.39, 0.29) is 5.82 Å². The summed E-state index contributed by atoms with van der Waals surface area (Å²) in [4.78, 5) is 7.68. The van der Waals surface area contributed by atoms with Crippen LogP contribution in [0.1, 0.15) is 11.6 Å². The highest BCUT2D eigenvalue weighted by molar-refractivity contribution is 4.94. The second kappa shape index (κ2) is 4.61. The van der Waals surface area contributed by atoms with E-state index in [9.17, 15) is 13.2 Å². The Balaban J connectivity index is 1.93. The number of likely N-dealkylation sites (N-methyl/N-ethyl adjacent to an activating group) is 1. The molecule has 17 heavy (non-hydrogen) atoms. The average Bonchev–Trinajstić information content (AvgIpc) is 2.69. The largest absolute Gasteiger partial charge is 0.453 e. The summed E-state index contributed by atoms with van der Waals surface area (Å²) >= 11 is 0. The average molecular weight is 249 g/mol. The Labute approximate surface area is 96.6 Å². The van der Waals surface area contributed by atoms with E-state index < -0.39 is 12.0 Å². The predicted octanol–water partition coefficient (Wildman–Crippen LogP) is 0.571. The van der Waals surface area contributed by atoms with E-state index >= 15 is 0 Å². The van der Waals surface area contributed by atoms with E-state index in [1.807, 2.05) is 7.05 Å². The fourth-order valence-corrected chi connectivity index (χ4v) is 1.71. The molecule has 96 valence electrons. The van der Waals surface area contributed by atoms with Gasteiger partial charge in [0, 0.05) is 26.2 Å². The van der Waals surface area contributed by atoms with Crippen LogP contribution in [0.4, 0.5) is 13.2 Å². The summed E-state index contributed by atoms with van der Waals surface area (Å²) in [6, 6.07) is 0. The van der Waals surface area contributed by atoms with Crippen LogP contribution in [0, 0.1) is 0 Å². The second-order valence-electron chi connectivity index (χ2n) is 4.18. The minimum Gasteiger partial charge on any atom is -0.304 e. The van der Waals surface area contributed by atoms with Crippen LogP contribution in [0.2, 0.25) is 0 Å². The molecule has 5 nitrogen and oxygen atoms in total. The van der Waals surface area contributed by atoms with Gasteiger partial charge in [-0.05, 0) is 7.05 Å². The molecule has 0 spiro atoms. The van der Waals surface area contributed by atoms with E-state index in [2.05, 4.69) is 25.0 Å². The predicted molar refractivity (Wildman–Crippen MR) is 54.2 cm³/mol. The van der Waals surface area contributed by atoms with Gasteiger partial charge in [-0.15, -0.1) is 5.10 Å². The first-order chi connectivity index (χ1) is 7.95. The van der Waals surface area contributed by atoms with Crippen molar-refractivity contribution >= 4 is 0 Å². The Bertz CT molecular complexity index is 367. The molecule has 1 aliphatic rings. The molecule has 2 heterocycles. The summed E-state index contributed by atoms with van der Waals surface area (Å²) in [6.07, 6.45) is -4.48. The third-order valence-electron chi connectivity index (χ3n) is 2.75. The molecule has 1 saturated heterocycles. The van der Waals surface area contributed by atoms with Crippen molar-refractivity contribution in [1.82, 2.24) is 25.0 Å². The van der Waals surface area contributed by atoms with Crippen molar-refractivity contribution < 1.29 is 13.2 Å². The molecule has 0 atom stereocenters. The first-order valence-corrected chi connectivity index (χ1v) is 5.34. The van der Waals surface area contributed by atoms with E-state index in [0.29, 0.717) is 6.54 Å². The van der Waals surface area contributed by atoms with Crippen molar-refractivity contribution in [3.8, 4) is 0 Å². The molecular formula is C9H14F3N5. The molecule has 8 heteroatoms. The molecule has 2 rings (SSSR count). The van der Waals surface area contributed by atoms with Gasteiger partial charge in [0.1, 0.15) is 5.82 Å². The van der Waals surface area contributed by atoms with E-state index in [1.165, 1.54) is 0 Å². The number of alkyl halides is 3. The Morgan fingerprint density at radius 3 is 2.41 bits per heavy atom. The molecule has 0 radical (unpaired) electrons. The number of hydrogen-bond acceptors (Lipinski definition) is 4. The van der Waals surface area contributed by atoms with Gasteiger partial charge in [-0.1, -0.05) is 0 Å². The third kappa shape index (κ3) is 3.16. The number of aromatic nitrogens is 3. The number of H-pyrrole nitrogens is 1. The normalized spacial score (nSPS) is 19.8. The number of hydrogen-bond donors (Lipinski definition) is 1. The molecule has 0 aromatic carbocycles. The molecule has 1 aromatic rings. The maximum absolute atomic E-state index is 12.3. The van der Waals surface area contributed by atoms with Crippen LogP contribution < -0.4 is 0 Å². The number of rotatable bonds is 2. The van der Waals surface area contributed by atoms with Crippen LogP contribution in [0.25, 0.3) is 0 Å². The number of nitrogens with zero attached hydrogens (tertiary/aromatic N) is 4. The Hall–Kier alpha value is -1.15. The molecule has 1 N–H and O–H groups in total. The smallest absolute Gasteiger partial charge is 0.304 e. The van der Waals surface area contributed by atoms with Crippen LogP contribution in [-0.4, -0.2) is 58.2 Å². The van der Waals surface area contributed by atoms with Crippen molar-refractivity contribution in [2.75, 3.05) is 33.2 Å². The number of piperazine rings is 1. The SMILES string of the molecule is CN1CCN(Cc2nc(C(F)(F)F)n[nH]2)CC1. The Kier molecular flexibility index (Phi) is 3.34. The maximum atomic E-state index is 12.3. The summed E-state index contributed by atoms with van der Waals surface area (Å²) in [6.45, 7) is 3.88. The van der Waals surface area contributed by atoms with Gasteiger partial charge in [-0.2, -0.15) is 13.2 Å². The highest BCUT2D eigenvalue weighted by atomic mass is 19.4. The molecular weight excluding hydrogens is 235 g/mol. The van der Waals surface area contributed by atoms with Gasteiger partial charge in [0.05, 0.1) is 6.54 Å². The fourth-order valence-electron chi connectivity index (χ4n) is 1.71. The van der Waals surface area contributed by atoms with E-state index in [0.717, 1.165) is 26.2 Å². The molecule has 1 aliphatic heterocycles. The lowest BCUT2D eigenvalue weighted by atomic mass is 10.3. The van der Waals surface area contributed by atoms with Crippen LogP contribution >= 0.6 is 0 Å². The van der Waals surface area contributed by atoms with E-state index in [1.54, 1.807) is 0 Å². The van der Waals surface area contributed by atoms with Crippen LogP contribution in [-0.2, 0) is 12.7 Å². The number of nitrogens with one attached hydrogen (secondary N) is 1. The fraction of sp³-hybridized carbons (Fsp3) is 0.778. The first-order valence-electron chi connectivity index (χ1n) is 5.34. The zero-order chi connectivity index (χ0) is 12.5. The number of aromatic amines is 1. The number of halogens is 3. The van der Waals surface area contributed by atoms with Crippen LogP contribution in [0.5, 0.6) is 0 Å². The lowest BCUT2D eigenvalue weighted by molar-refractivity contribution is -0.144. The zero-order valence-electron chi connectivity index (χ0n) is 9.46. The van der Waals surface area contributed by atoms with Gasteiger partial charge < -0.3 is 4.90 Å². The van der Waals surface area contributed by atoms with Crippen LogP contribution in [0.15, 0.2) is 0 Å². The summed E-state index contributed by atoms with van der Waals surface area (Å²) in [5.74, 6) is -0.830. The molecule has 0 aliphatic carbocycles. The lowest BCUT2D eigenvalue weighted by Crippen LogP contribution is -2.44. The molecule has 1 fully saturated rings. The lowest BCUT2D eigenvalue weighted by Gasteiger charge is -2.31. The van der Waals surface area contributed by atoms with Crippen molar-refractivity contribution in [2.24, 2.45) is 0 Å². The molecule has 1 aromatic heterocycles. The minimum atomic E-state index is -4.48. The molecule has 0 amide bonds. The van der Waals surface area contributed by atoms with Gasteiger partial charge in [0.2, 0.25) is 0 Å². The second-order valence-corrected chi connectivity index (χ2v) is 4.18. The Morgan fingerprint density at radius 2 is 1.88 bits per heavy atom. The van der Waals surface area contributed by atoms with Gasteiger partial charge in [-0.3, -0.25) is 10.00 Å². The first kappa shape index (κ1) is 12.3. The Morgan fingerprint density at radius 1 is 1.24 bits per heavy atom. The van der Waals surface area contributed by atoms with Crippen molar-refractivity contribution in [2.45, 2.75) is 12.7 Å². The quantitative estimate of drug-likeness (QED) is 0.832. The van der Waals surface area contributed by atoms with Gasteiger partial charge >= 0.3 is 6.18 Å². The summed E-state index contributed by atoms with van der Waals surface area (Å²) in [7, 11) is 2.02. The summed E-state index contributed by atoms with van der Waals surface area (Å²) in [5.41, 5.74) is 0. The van der Waals surface area contributed by atoms with Gasteiger partial charge in [0.25, 0.3) is 5.82 Å². The topological polar surface area (TPSA) is 48.1 Å². The van der Waals surface area contributed by atoms with Gasteiger partial charge in [0.15, 0.2) is 0 Å². The highest BCUT2D eigenvalue weighted by Gasteiger charge is 2.36. The highest BCUT2D eigenvalue weighted by Crippen LogP contribution is 2.25. The van der Waals surface area contributed by atoms with Crippen molar-refractivity contribution in [3.05, 3.63) is 11.6 Å². The summed E-state index contributed by atoms with van der Waals surface area (Å²) < 4.78 is 36.8. The maximum Gasteiger partial charge on any atom is 0.453 e. The summed E-state index contributed by atoms with van der Waals surface area (Å²) in [5, 5.41) is 5.50. The molecule has 0 saturated carbocycles. The van der Waals surface area contributed by atoms with Crippen molar-refractivity contribution in [1.29, 1.82) is 0 Å². The molecule has 0 unspecified atom stereocenters. The molecule has 0 bridgehead atoms. The standard InChI is InChI=1S/C9H14F3N5/c1-16-2-4-17(5-3-16)6-7-13-8(15-14-7)9(10,11)12/h2-6H2,1H3,(H,13,14,15). The van der Waals surface area contributed by atoms with Crippen molar-refractivity contribution in [3.63, 3.8) is 0 Å². The third-order valence-corrected chi connectivity index (χ3v) is 2.75. The zero-order valence-corrected chi connectivity index (χ0v) is 9.46. The van der Waals surface area contributed by atoms with Crippen LogP contribution in [0.3, 0.4) is 0 Å².